The van der Waals surface area contributed by atoms with Crippen molar-refractivity contribution < 1.29 is 14.8 Å². The second-order valence-corrected chi connectivity index (χ2v) is 3.79. The third-order valence-electron chi connectivity index (χ3n) is 2.36. The Balaban J connectivity index is 2.64. The van der Waals surface area contributed by atoms with Gasteiger partial charge in [-0.1, -0.05) is 0 Å². The summed E-state index contributed by atoms with van der Waals surface area (Å²) in [5.41, 5.74) is -0.140. The zero-order valence-corrected chi connectivity index (χ0v) is 10.1. The number of carbonyl (C=O) groups is 1. The van der Waals surface area contributed by atoms with Crippen LogP contribution in [0, 0.1) is 24.0 Å². The van der Waals surface area contributed by atoms with E-state index in [-0.39, 0.29) is 5.82 Å². The van der Waals surface area contributed by atoms with Gasteiger partial charge in [0, 0.05) is 6.20 Å². The molecule has 0 atom stereocenters. The largest absolute Gasteiger partial charge is 0.476 e. The Hall–Kier alpha value is -2.84. The number of aromatic carboxylic acids is 1. The van der Waals surface area contributed by atoms with Gasteiger partial charge in [0.1, 0.15) is 6.20 Å². The molecule has 0 fully saturated rings. The molecule has 1 N–H and O–H groups in total. The molecule has 9 heteroatoms. The summed E-state index contributed by atoms with van der Waals surface area (Å²) in [5, 5.41) is 23.3. The van der Waals surface area contributed by atoms with Crippen molar-refractivity contribution in [3.8, 4) is 5.82 Å². The zero-order valence-electron chi connectivity index (χ0n) is 10.1. The first-order valence-electron chi connectivity index (χ1n) is 5.18. The molecule has 0 spiro atoms. The molecule has 0 saturated carbocycles. The van der Waals surface area contributed by atoms with Crippen LogP contribution in [0.25, 0.3) is 5.82 Å². The second-order valence-electron chi connectivity index (χ2n) is 3.79. The average Bonchev–Trinajstić information content (AvgIpc) is 2.77. The molecule has 2 heterocycles. The fraction of sp³-hybridized carbons (Fsp3) is 0.200. The summed E-state index contributed by atoms with van der Waals surface area (Å²) >= 11 is 0. The highest BCUT2D eigenvalue weighted by atomic mass is 16.6. The summed E-state index contributed by atoms with van der Waals surface area (Å²) < 4.78 is 1.05. The second kappa shape index (κ2) is 4.44. The van der Waals surface area contributed by atoms with Crippen LogP contribution in [0.5, 0.6) is 0 Å². The minimum absolute atomic E-state index is 0.260. The van der Waals surface area contributed by atoms with Gasteiger partial charge in [-0.15, -0.1) is 0 Å². The highest BCUT2D eigenvalue weighted by Crippen LogP contribution is 2.19. The molecule has 2 aromatic heterocycles. The predicted octanol–water partition coefficient (Wildman–Crippen LogP) is 0.886. The number of nitrogens with zero attached hydrogens (tertiary/aromatic N) is 5. The van der Waals surface area contributed by atoms with Crippen LogP contribution in [0.4, 0.5) is 5.69 Å². The number of hydrogen-bond acceptors (Lipinski definition) is 6. The molecule has 0 aromatic carbocycles. The van der Waals surface area contributed by atoms with Crippen molar-refractivity contribution in [1.29, 1.82) is 0 Å². The van der Waals surface area contributed by atoms with Gasteiger partial charge in [0.2, 0.25) is 5.69 Å². The highest BCUT2D eigenvalue weighted by Gasteiger charge is 2.26. The van der Waals surface area contributed by atoms with Crippen molar-refractivity contribution in [2.45, 2.75) is 13.8 Å². The van der Waals surface area contributed by atoms with Crippen molar-refractivity contribution in [3.63, 3.8) is 0 Å². The van der Waals surface area contributed by atoms with E-state index >= 15 is 0 Å². The Kier molecular flexibility index (Phi) is 2.95. The van der Waals surface area contributed by atoms with Crippen LogP contribution >= 0.6 is 0 Å². The monoisotopic (exact) mass is 263 g/mol. The maximum Gasteiger partial charge on any atom is 0.363 e. The van der Waals surface area contributed by atoms with E-state index in [0.717, 1.165) is 10.9 Å². The van der Waals surface area contributed by atoms with Gasteiger partial charge >= 0.3 is 11.7 Å². The first-order chi connectivity index (χ1) is 8.90. The van der Waals surface area contributed by atoms with Crippen LogP contribution in [0.15, 0.2) is 12.4 Å². The van der Waals surface area contributed by atoms with E-state index < -0.39 is 22.3 Å². The Bertz CT molecular complexity index is 647. The van der Waals surface area contributed by atoms with Crippen molar-refractivity contribution in [3.05, 3.63) is 39.6 Å². The SMILES string of the molecule is Cc1cnc(C)c(-n2cc([N+](=O)[O-])c(C(=O)O)n2)n1. The molecule has 2 aromatic rings. The van der Waals surface area contributed by atoms with Gasteiger partial charge in [0.05, 0.1) is 16.3 Å². The minimum Gasteiger partial charge on any atom is -0.476 e. The Morgan fingerprint density at radius 1 is 1.47 bits per heavy atom. The molecule has 0 aliphatic heterocycles. The molecule has 0 saturated heterocycles. The normalized spacial score (nSPS) is 10.4. The van der Waals surface area contributed by atoms with E-state index in [2.05, 4.69) is 15.1 Å². The number of nitro groups is 1. The van der Waals surface area contributed by atoms with Crippen LogP contribution in [0.3, 0.4) is 0 Å². The smallest absolute Gasteiger partial charge is 0.363 e. The topological polar surface area (TPSA) is 124 Å². The molecule has 9 nitrogen and oxygen atoms in total. The first kappa shape index (κ1) is 12.6. The summed E-state index contributed by atoms with van der Waals surface area (Å²) in [5.74, 6) is -1.21. The molecule has 98 valence electrons. The van der Waals surface area contributed by atoms with Crippen LogP contribution in [0.1, 0.15) is 21.9 Å². The van der Waals surface area contributed by atoms with Crippen LogP contribution in [0.2, 0.25) is 0 Å². The lowest BCUT2D eigenvalue weighted by atomic mass is 10.4. The molecule has 0 aliphatic carbocycles. The summed E-state index contributed by atoms with van der Waals surface area (Å²) in [6.07, 6.45) is 2.55. The maximum absolute atomic E-state index is 10.9. The van der Waals surface area contributed by atoms with E-state index in [4.69, 9.17) is 5.11 Å². The number of carboxylic acid groups (broad SMARTS) is 1. The number of aryl methyl sites for hydroxylation is 2. The van der Waals surface area contributed by atoms with E-state index in [9.17, 15) is 14.9 Å². The molecule has 0 aliphatic rings. The van der Waals surface area contributed by atoms with Crippen molar-refractivity contribution in [2.24, 2.45) is 0 Å². The molecule has 0 bridgehead atoms. The quantitative estimate of drug-likeness (QED) is 0.643. The Morgan fingerprint density at radius 2 is 2.16 bits per heavy atom. The maximum atomic E-state index is 10.9. The number of carboxylic acids is 1. The predicted molar refractivity (Wildman–Crippen MR) is 62.2 cm³/mol. The van der Waals surface area contributed by atoms with Gasteiger partial charge in [0.25, 0.3) is 0 Å². The fourth-order valence-electron chi connectivity index (χ4n) is 1.50. The lowest BCUT2D eigenvalue weighted by Crippen LogP contribution is -2.06. The van der Waals surface area contributed by atoms with E-state index in [1.807, 2.05) is 0 Å². The molecule has 0 unspecified atom stereocenters. The minimum atomic E-state index is -1.47. The highest BCUT2D eigenvalue weighted by molar-refractivity contribution is 5.89. The molecular formula is C10H9N5O4. The van der Waals surface area contributed by atoms with Crippen molar-refractivity contribution >= 4 is 11.7 Å². The van der Waals surface area contributed by atoms with Gasteiger partial charge in [-0.25, -0.2) is 14.5 Å². The Labute approximate surface area is 106 Å². The molecule has 19 heavy (non-hydrogen) atoms. The van der Waals surface area contributed by atoms with Crippen molar-refractivity contribution in [2.75, 3.05) is 0 Å². The fourth-order valence-corrected chi connectivity index (χ4v) is 1.50. The van der Waals surface area contributed by atoms with E-state index in [1.165, 1.54) is 6.20 Å². The number of aromatic nitrogens is 4. The molecular weight excluding hydrogens is 254 g/mol. The summed E-state index contributed by atoms with van der Waals surface area (Å²) in [7, 11) is 0. The third kappa shape index (κ3) is 2.25. The molecule has 0 amide bonds. The van der Waals surface area contributed by atoms with Gasteiger partial charge in [-0.2, -0.15) is 5.10 Å². The summed E-state index contributed by atoms with van der Waals surface area (Å²) in [6.45, 7) is 3.35. The Morgan fingerprint density at radius 3 is 2.68 bits per heavy atom. The van der Waals surface area contributed by atoms with Gasteiger partial charge in [-0.05, 0) is 13.8 Å². The number of rotatable bonds is 3. The van der Waals surface area contributed by atoms with Gasteiger partial charge in [0.15, 0.2) is 5.82 Å². The van der Waals surface area contributed by atoms with Gasteiger partial charge < -0.3 is 5.11 Å². The van der Waals surface area contributed by atoms with Crippen LogP contribution in [-0.2, 0) is 0 Å². The third-order valence-corrected chi connectivity index (χ3v) is 2.36. The lowest BCUT2D eigenvalue weighted by Gasteiger charge is -2.03. The summed E-state index contributed by atoms with van der Waals surface area (Å²) in [6, 6.07) is 0. The molecule has 0 radical (unpaired) electrons. The van der Waals surface area contributed by atoms with E-state index in [1.54, 1.807) is 13.8 Å². The van der Waals surface area contributed by atoms with E-state index in [0.29, 0.717) is 11.4 Å². The van der Waals surface area contributed by atoms with Gasteiger partial charge in [-0.3, -0.25) is 15.1 Å². The average molecular weight is 263 g/mol. The zero-order chi connectivity index (χ0) is 14.2. The van der Waals surface area contributed by atoms with Crippen LogP contribution < -0.4 is 0 Å². The number of hydrogen-bond donors (Lipinski definition) is 1. The summed E-state index contributed by atoms with van der Waals surface area (Å²) in [4.78, 5) is 29.1. The standard InChI is InChI=1S/C10H9N5O4/c1-5-3-11-6(2)9(12-5)14-4-7(15(18)19)8(13-14)10(16)17/h3-4H,1-2H3,(H,16,17). The van der Waals surface area contributed by atoms with Crippen LogP contribution in [-0.4, -0.2) is 35.7 Å². The first-order valence-corrected chi connectivity index (χ1v) is 5.18. The van der Waals surface area contributed by atoms with Crippen molar-refractivity contribution in [1.82, 2.24) is 19.7 Å². The molecule has 2 rings (SSSR count). The lowest BCUT2D eigenvalue weighted by molar-refractivity contribution is -0.385.